The quantitative estimate of drug-likeness (QED) is 0.500. The number of amides is 1. The molecule has 1 aliphatic carbocycles. The van der Waals surface area contributed by atoms with Crippen molar-refractivity contribution in [2.75, 3.05) is 5.32 Å². The van der Waals surface area contributed by atoms with E-state index in [0.717, 1.165) is 12.8 Å². The van der Waals surface area contributed by atoms with Crippen LogP contribution in [0.3, 0.4) is 0 Å². The van der Waals surface area contributed by atoms with Gasteiger partial charge in [0.25, 0.3) is 5.91 Å². The first kappa shape index (κ1) is 18.0. The summed E-state index contributed by atoms with van der Waals surface area (Å²) in [4.78, 5) is 17.1. The van der Waals surface area contributed by atoms with Gasteiger partial charge in [0.1, 0.15) is 12.1 Å². The topological polar surface area (TPSA) is 121 Å². The number of carbonyl (C=O) groups excluding carboxylic acids is 1. The van der Waals surface area contributed by atoms with Gasteiger partial charge in [-0.15, -0.1) is 5.10 Å². The van der Waals surface area contributed by atoms with E-state index in [1.54, 1.807) is 42.5 Å². The molecule has 1 fully saturated rings. The zero-order valence-electron chi connectivity index (χ0n) is 15.8. The largest absolute Gasteiger partial charge is 0.485 e. The van der Waals surface area contributed by atoms with E-state index in [0.29, 0.717) is 40.3 Å². The Labute approximate surface area is 170 Å². The lowest BCUT2D eigenvalue weighted by Gasteiger charge is -2.10. The van der Waals surface area contributed by atoms with Crippen LogP contribution in [0.15, 0.2) is 59.4 Å². The van der Waals surface area contributed by atoms with Gasteiger partial charge in [0, 0.05) is 11.6 Å². The van der Waals surface area contributed by atoms with Crippen LogP contribution in [0.4, 0.5) is 5.69 Å². The minimum atomic E-state index is -0.269. The molecular weight excluding hydrogens is 386 g/mol. The summed E-state index contributed by atoms with van der Waals surface area (Å²) >= 11 is 0. The first-order chi connectivity index (χ1) is 14.8. The van der Waals surface area contributed by atoms with Crippen molar-refractivity contribution in [2.24, 2.45) is 0 Å². The van der Waals surface area contributed by atoms with Crippen LogP contribution >= 0.6 is 0 Å². The van der Waals surface area contributed by atoms with E-state index in [4.69, 9.17) is 9.26 Å². The maximum absolute atomic E-state index is 12.7. The van der Waals surface area contributed by atoms with Gasteiger partial charge >= 0.3 is 0 Å². The first-order valence-corrected chi connectivity index (χ1v) is 9.45. The average Bonchev–Trinajstić information content (AvgIpc) is 3.27. The van der Waals surface area contributed by atoms with E-state index < -0.39 is 0 Å². The number of carbonyl (C=O) groups is 1. The van der Waals surface area contributed by atoms with Gasteiger partial charge in [0.05, 0.1) is 11.3 Å². The minimum absolute atomic E-state index is 0.223. The zero-order valence-corrected chi connectivity index (χ0v) is 15.8. The number of hydrogen-bond acceptors (Lipinski definition) is 8. The SMILES string of the molecule is O=C(Nc1ccc(OCc2noc(C3CC3)n2)cc1)c1ccccc1-n1cnnn1. The van der Waals surface area contributed by atoms with E-state index in [-0.39, 0.29) is 12.5 Å². The number of hydrogen-bond donors (Lipinski definition) is 1. The summed E-state index contributed by atoms with van der Waals surface area (Å²) in [6, 6.07) is 14.1. The van der Waals surface area contributed by atoms with Crippen molar-refractivity contribution in [3.63, 3.8) is 0 Å². The van der Waals surface area contributed by atoms with Crippen molar-refractivity contribution in [1.82, 2.24) is 30.3 Å². The highest BCUT2D eigenvalue weighted by Gasteiger charge is 2.29. The maximum atomic E-state index is 12.7. The van der Waals surface area contributed by atoms with E-state index in [1.165, 1.54) is 11.0 Å². The Morgan fingerprint density at radius 2 is 2.00 bits per heavy atom. The highest BCUT2D eigenvalue weighted by molar-refractivity contribution is 6.06. The van der Waals surface area contributed by atoms with Crippen molar-refractivity contribution in [3.8, 4) is 11.4 Å². The number of benzene rings is 2. The monoisotopic (exact) mass is 403 g/mol. The Kier molecular flexibility index (Phi) is 4.64. The minimum Gasteiger partial charge on any atom is -0.485 e. The van der Waals surface area contributed by atoms with Gasteiger partial charge in [-0.25, -0.2) is 0 Å². The van der Waals surface area contributed by atoms with Crippen LogP contribution < -0.4 is 10.1 Å². The number of nitrogens with zero attached hydrogens (tertiary/aromatic N) is 6. The lowest BCUT2D eigenvalue weighted by molar-refractivity contribution is 0.102. The molecule has 1 aliphatic rings. The van der Waals surface area contributed by atoms with Gasteiger partial charge in [0.15, 0.2) is 6.61 Å². The molecule has 1 N–H and O–H groups in total. The van der Waals surface area contributed by atoms with Crippen molar-refractivity contribution in [2.45, 2.75) is 25.4 Å². The van der Waals surface area contributed by atoms with E-state index in [1.807, 2.05) is 6.07 Å². The second kappa shape index (κ2) is 7.74. The highest BCUT2D eigenvalue weighted by atomic mass is 16.5. The van der Waals surface area contributed by atoms with Crippen LogP contribution in [-0.2, 0) is 6.61 Å². The molecule has 0 atom stereocenters. The number of anilines is 1. The molecule has 2 aromatic heterocycles. The summed E-state index contributed by atoms with van der Waals surface area (Å²) < 4.78 is 12.4. The standard InChI is InChI=1S/C20H17N7O3/c28-19(16-3-1-2-4-17(16)27-12-21-25-26-27)22-14-7-9-15(10-8-14)29-11-18-23-20(30-24-18)13-5-6-13/h1-4,7-10,12-13H,5-6,11H2,(H,22,28). The third-order valence-corrected chi connectivity index (χ3v) is 4.64. The number of ether oxygens (including phenoxy) is 1. The Morgan fingerprint density at radius 3 is 2.77 bits per heavy atom. The molecule has 10 heteroatoms. The van der Waals surface area contributed by atoms with Crippen molar-refractivity contribution in [3.05, 3.63) is 72.1 Å². The molecule has 150 valence electrons. The van der Waals surface area contributed by atoms with Gasteiger partial charge < -0.3 is 14.6 Å². The third-order valence-electron chi connectivity index (χ3n) is 4.64. The summed E-state index contributed by atoms with van der Waals surface area (Å²) in [5.41, 5.74) is 1.67. The van der Waals surface area contributed by atoms with E-state index in [2.05, 4.69) is 31.0 Å². The maximum Gasteiger partial charge on any atom is 0.257 e. The first-order valence-electron chi connectivity index (χ1n) is 9.45. The van der Waals surface area contributed by atoms with Gasteiger partial charge in [-0.05, 0) is 59.7 Å². The van der Waals surface area contributed by atoms with Crippen molar-refractivity contribution in [1.29, 1.82) is 0 Å². The summed E-state index contributed by atoms with van der Waals surface area (Å²) in [5, 5.41) is 17.9. The molecule has 10 nitrogen and oxygen atoms in total. The van der Waals surface area contributed by atoms with Crippen LogP contribution in [0.2, 0.25) is 0 Å². The van der Waals surface area contributed by atoms with Gasteiger partial charge in [-0.1, -0.05) is 17.3 Å². The fourth-order valence-electron chi connectivity index (χ4n) is 2.94. The molecule has 5 rings (SSSR count). The summed E-state index contributed by atoms with van der Waals surface area (Å²) in [6.07, 6.45) is 3.65. The fraction of sp³-hybridized carbons (Fsp3) is 0.200. The zero-order chi connectivity index (χ0) is 20.3. The second-order valence-electron chi connectivity index (χ2n) is 6.86. The molecule has 1 saturated carbocycles. The van der Waals surface area contributed by atoms with Gasteiger partial charge in [-0.3, -0.25) is 4.79 Å². The molecule has 2 heterocycles. The molecule has 1 amide bonds. The molecule has 0 bridgehead atoms. The highest BCUT2D eigenvalue weighted by Crippen LogP contribution is 2.38. The summed E-state index contributed by atoms with van der Waals surface area (Å²) in [7, 11) is 0. The summed E-state index contributed by atoms with van der Waals surface area (Å²) in [5.74, 6) is 2.00. The molecule has 0 spiro atoms. The average molecular weight is 403 g/mol. The van der Waals surface area contributed by atoms with Crippen LogP contribution in [0.25, 0.3) is 5.69 Å². The number of para-hydroxylation sites is 1. The molecule has 0 saturated heterocycles. The normalized spacial score (nSPS) is 13.2. The molecule has 30 heavy (non-hydrogen) atoms. The molecule has 4 aromatic rings. The predicted molar refractivity (Wildman–Crippen MR) is 104 cm³/mol. The second-order valence-corrected chi connectivity index (χ2v) is 6.86. The van der Waals surface area contributed by atoms with Gasteiger partial charge in [-0.2, -0.15) is 9.67 Å². The Balaban J connectivity index is 1.22. The molecule has 0 radical (unpaired) electrons. The Hall–Kier alpha value is -4.08. The third kappa shape index (κ3) is 3.88. The Morgan fingerprint density at radius 1 is 1.17 bits per heavy atom. The summed E-state index contributed by atoms with van der Waals surface area (Å²) in [6.45, 7) is 0.223. The van der Waals surface area contributed by atoms with Crippen LogP contribution in [0.5, 0.6) is 5.75 Å². The smallest absolute Gasteiger partial charge is 0.257 e. The molecular formula is C20H17N7O3. The number of tetrazole rings is 1. The Bertz CT molecular complexity index is 1150. The number of rotatable bonds is 7. The number of nitrogens with one attached hydrogen (secondary N) is 1. The van der Waals surface area contributed by atoms with Crippen LogP contribution in [0, 0.1) is 0 Å². The molecule has 2 aromatic carbocycles. The van der Waals surface area contributed by atoms with E-state index in [9.17, 15) is 4.79 Å². The molecule has 0 aliphatic heterocycles. The number of aromatic nitrogens is 6. The van der Waals surface area contributed by atoms with Crippen molar-refractivity contribution < 1.29 is 14.1 Å². The van der Waals surface area contributed by atoms with Crippen LogP contribution in [0.1, 0.15) is 40.8 Å². The van der Waals surface area contributed by atoms with Crippen LogP contribution in [-0.4, -0.2) is 36.3 Å². The van der Waals surface area contributed by atoms with E-state index >= 15 is 0 Å². The molecule has 0 unspecified atom stereocenters. The van der Waals surface area contributed by atoms with Gasteiger partial charge in [0.2, 0.25) is 11.7 Å². The lowest BCUT2D eigenvalue weighted by Crippen LogP contribution is -2.15. The van der Waals surface area contributed by atoms with Crippen molar-refractivity contribution >= 4 is 11.6 Å². The fourth-order valence-corrected chi connectivity index (χ4v) is 2.94. The lowest BCUT2D eigenvalue weighted by atomic mass is 10.1. The predicted octanol–water partition coefficient (Wildman–Crippen LogP) is 2.75.